The van der Waals surface area contributed by atoms with E-state index in [1.54, 1.807) is 0 Å². The molecule has 10 heteroatoms. The van der Waals surface area contributed by atoms with Crippen molar-refractivity contribution in [3.63, 3.8) is 0 Å². The molecule has 2 saturated carbocycles. The molecule has 0 aromatic heterocycles. The molecule has 0 N–H and O–H groups in total. The first kappa shape index (κ1) is 38.6. The Balaban J connectivity index is 1.08. The molecule has 0 aromatic rings. The summed E-state index contributed by atoms with van der Waals surface area (Å²) in [6.45, 7) is 5.53. The van der Waals surface area contributed by atoms with Crippen molar-refractivity contribution in [3.8, 4) is 0 Å². The van der Waals surface area contributed by atoms with Gasteiger partial charge in [-0.05, 0) is 51.4 Å². The highest BCUT2D eigenvalue weighted by Gasteiger charge is 2.54. The van der Waals surface area contributed by atoms with Crippen LogP contribution in [-0.4, -0.2) is 74.7 Å². The van der Waals surface area contributed by atoms with Crippen molar-refractivity contribution >= 4 is 23.9 Å². The van der Waals surface area contributed by atoms with Gasteiger partial charge in [-0.3, -0.25) is 19.2 Å². The number of epoxide rings is 2. The van der Waals surface area contributed by atoms with Gasteiger partial charge in [0.15, 0.2) is 0 Å². The first-order valence-electron chi connectivity index (χ1n) is 19.4. The van der Waals surface area contributed by atoms with Gasteiger partial charge in [-0.25, -0.2) is 0 Å². The average Bonchev–Trinajstić information content (AvgIpc) is 4.02. The zero-order chi connectivity index (χ0) is 34.1. The first-order valence-corrected chi connectivity index (χ1v) is 19.4. The lowest BCUT2D eigenvalue weighted by atomic mass is 9.79. The number of carbonyl (C=O) groups excluding carboxylic acids is 4. The molecule has 2 saturated heterocycles. The number of fused-ring (bicyclic) bond motifs is 2. The molecule has 0 amide bonds. The quantitative estimate of drug-likeness (QED) is 0.0429. The van der Waals surface area contributed by atoms with Gasteiger partial charge in [0.05, 0.1) is 74.5 Å². The zero-order valence-corrected chi connectivity index (χ0v) is 29.7. The minimum Gasteiger partial charge on any atom is -0.465 e. The van der Waals surface area contributed by atoms with E-state index in [2.05, 4.69) is 13.8 Å². The molecule has 0 aromatic carbocycles. The van der Waals surface area contributed by atoms with Crippen molar-refractivity contribution < 1.29 is 47.6 Å². The third-order valence-electron chi connectivity index (χ3n) is 10.5. The Morgan fingerprint density at radius 2 is 0.625 bits per heavy atom. The normalized spacial score (nSPS) is 28.5. The summed E-state index contributed by atoms with van der Waals surface area (Å²) >= 11 is 0. The maximum atomic E-state index is 13.0. The van der Waals surface area contributed by atoms with Crippen molar-refractivity contribution in [2.75, 3.05) is 26.4 Å². The van der Waals surface area contributed by atoms with Crippen LogP contribution in [0.4, 0.5) is 0 Å². The fourth-order valence-corrected chi connectivity index (χ4v) is 7.33. The van der Waals surface area contributed by atoms with E-state index < -0.39 is 35.6 Å². The number of esters is 4. The van der Waals surface area contributed by atoms with Crippen LogP contribution in [0.3, 0.4) is 0 Å². The largest absolute Gasteiger partial charge is 0.465 e. The third-order valence-corrected chi connectivity index (χ3v) is 10.5. The molecule has 274 valence electrons. The molecule has 0 spiro atoms. The number of carbonyl (C=O) groups is 4. The van der Waals surface area contributed by atoms with E-state index in [1.807, 2.05) is 0 Å². The summed E-state index contributed by atoms with van der Waals surface area (Å²) in [4.78, 5) is 51.8. The monoisotopic (exact) mass is 678 g/mol. The van der Waals surface area contributed by atoms with Crippen molar-refractivity contribution in [3.05, 3.63) is 0 Å². The highest BCUT2D eigenvalue weighted by atomic mass is 16.6. The molecule has 4 rings (SSSR count). The topological polar surface area (TPSA) is 130 Å². The second-order valence-electron chi connectivity index (χ2n) is 14.4. The molecule has 48 heavy (non-hydrogen) atoms. The van der Waals surface area contributed by atoms with Crippen LogP contribution >= 0.6 is 0 Å². The van der Waals surface area contributed by atoms with Crippen LogP contribution in [0.15, 0.2) is 0 Å². The van der Waals surface area contributed by atoms with Crippen molar-refractivity contribution in [2.45, 2.75) is 167 Å². The highest BCUT2D eigenvalue weighted by Crippen LogP contribution is 2.45. The summed E-state index contributed by atoms with van der Waals surface area (Å²) in [5.74, 6) is -3.62. The lowest BCUT2D eigenvalue weighted by Gasteiger charge is -2.26. The summed E-state index contributed by atoms with van der Waals surface area (Å²) in [6.07, 6.45) is 19.1. The van der Waals surface area contributed by atoms with E-state index >= 15 is 0 Å². The Labute approximate surface area is 288 Å². The molecule has 2 heterocycles. The predicted molar refractivity (Wildman–Crippen MR) is 179 cm³/mol. The summed E-state index contributed by atoms with van der Waals surface area (Å²) in [6, 6.07) is 0. The Morgan fingerprint density at radius 3 is 0.896 bits per heavy atom. The minimum atomic E-state index is -0.560. The van der Waals surface area contributed by atoms with Crippen LogP contribution in [0.5, 0.6) is 0 Å². The van der Waals surface area contributed by atoms with E-state index in [1.165, 1.54) is 51.4 Å². The van der Waals surface area contributed by atoms with Gasteiger partial charge < -0.3 is 28.4 Å². The molecule has 0 bridgehead atoms. The maximum Gasteiger partial charge on any atom is 0.309 e. The summed E-state index contributed by atoms with van der Waals surface area (Å²) in [5.41, 5.74) is 0. The smallest absolute Gasteiger partial charge is 0.309 e. The van der Waals surface area contributed by atoms with E-state index in [-0.39, 0.29) is 49.6 Å². The van der Waals surface area contributed by atoms with Crippen molar-refractivity contribution in [1.29, 1.82) is 0 Å². The molecule has 2 aliphatic heterocycles. The van der Waals surface area contributed by atoms with Gasteiger partial charge >= 0.3 is 23.9 Å². The fourth-order valence-electron chi connectivity index (χ4n) is 7.33. The van der Waals surface area contributed by atoms with Crippen LogP contribution in [0.2, 0.25) is 0 Å². The van der Waals surface area contributed by atoms with E-state index in [0.29, 0.717) is 51.7 Å². The zero-order valence-electron chi connectivity index (χ0n) is 29.7. The molecule has 4 fully saturated rings. The van der Waals surface area contributed by atoms with Gasteiger partial charge in [-0.15, -0.1) is 0 Å². The Bertz CT molecular complexity index is 922. The van der Waals surface area contributed by atoms with Gasteiger partial charge in [0, 0.05) is 0 Å². The van der Waals surface area contributed by atoms with Gasteiger partial charge in [0.25, 0.3) is 0 Å². The molecule has 8 atom stereocenters. The van der Waals surface area contributed by atoms with Crippen LogP contribution in [-0.2, 0) is 47.6 Å². The van der Waals surface area contributed by atoms with Crippen molar-refractivity contribution in [1.82, 2.24) is 0 Å². The first-order chi connectivity index (χ1) is 23.4. The molecule has 2 aliphatic carbocycles. The SMILES string of the molecule is CCCCCCCCCOC(=O)C1CC2OC2CC1C(=O)OCCCCOC(=O)C1CC2OC2CC1C(=O)OCCCCCCCCC. The highest BCUT2D eigenvalue weighted by molar-refractivity contribution is 5.83. The Morgan fingerprint density at radius 1 is 0.396 bits per heavy atom. The second-order valence-corrected chi connectivity index (χ2v) is 14.4. The Hall–Kier alpha value is -2.20. The van der Waals surface area contributed by atoms with Gasteiger partial charge in [-0.2, -0.15) is 0 Å². The van der Waals surface area contributed by atoms with E-state index in [4.69, 9.17) is 28.4 Å². The number of rotatable bonds is 25. The van der Waals surface area contributed by atoms with Crippen LogP contribution in [0.1, 0.15) is 142 Å². The Kier molecular flexibility index (Phi) is 17.0. The minimum absolute atomic E-state index is 0.0201. The van der Waals surface area contributed by atoms with E-state index in [0.717, 1.165) is 38.5 Å². The van der Waals surface area contributed by atoms with Crippen LogP contribution in [0, 0.1) is 23.7 Å². The van der Waals surface area contributed by atoms with E-state index in [9.17, 15) is 19.2 Å². The fraction of sp³-hybridized carbons (Fsp3) is 0.895. The number of hydrogen-bond acceptors (Lipinski definition) is 10. The second kappa shape index (κ2) is 21.1. The number of ether oxygens (including phenoxy) is 6. The molecular formula is C38H62O10. The predicted octanol–water partition coefficient (Wildman–Crippen LogP) is 7.03. The van der Waals surface area contributed by atoms with Crippen LogP contribution in [0.25, 0.3) is 0 Å². The lowest BCUT2D eigenvalue weighted by Crippen LogP contribution is -2.38. The van der Waals surface area contributed by atoms with Gasteiger partial charge in [0.2, 0.25) is 0 Å². The molecule has 10 nitrogen and oxygen atoms in total. The molecule has 4 aliphatic rings. The molecule has 0 radical (unpaired) electrons. The molecule has 8 unspecified atom stereocenters. The van der Waals surface area contributed by atoms with Gasteiger partial charge in [-0.1, -0.05) is 90.9 Å². The number of unbranched alkanes of at least 4 members (excludes halogenated alkanes) is 13. The summed E-state index contributed by atoms with van der Waals surface area (Å²) in [7, 11) is 0. The summed E-state index contributed by atoms with van der Waals surface area (Å²) < 4.78 is 33.6. The van der Waals surface area contributed by atoms with Crippen molar-refractivity contribution in [2.24, 2.45) is 23.7 Å². The maximum absolute atomic E-state index is 13.0. The molecular weight excluding hydrogens is 616 g/mol. The lowest BCUT2D eigenvalue weighted by molar-refractivity contribution is -0.163. The third kappa shape index (κ3) is 12.9. The number of hydrogen-bond donors (Lipinski definition) is 0. The standard InChI is InChI=1S/C38H62O10/c1-3-5-7-9-11-13-15-19-43-35(39)27-23-31-33(47-31)25-29(27)37(41)45-21-17-18-22-46-38(42)30-26-34-32(48-34)24-28(30)36(40)44-20-16-14-12-10-8-6-4-2/h27-34H,3-26H2,1-2H3. The average molecular weight is 679 g/mol. The van der Waals surface area contributed by atoms with Gasteiger partial charge in [0.1, 0.15) is 0 Å². The summed E-state index contributed by atoms with van der Waals surface area (Å²) in [5, 5.41) is 0. The van der Waals surface area contributed by atoms with Crippen LogP contribution < -0.4 is 0 Å².